The van der Waals surface area contributed by atoms with Crippen molar-refractivity contribution in [1.82, 2.24) is 25.2 Å². The molecule has 16 nitrogen and oxygen atoms in total. The lowest BCUT2D eigenvalue weighted by molar-refractivity contribution is -0.142. The Bertz CT molecular complexity index is 2260. The average Bonchev–Trinajstić information content (AvgIpc) is 4.27. The number of anilines is 1. The summed E-state index contributed by atoms with van der Waals surface area (Å²) >= 11 is 0. The van der Waals surface area contributed by atoms with Crippen LogP contribution in [0.15, 0.2) is 36.4 Å². The largest absolute Gasteiger partial charge is 0.497 e. The molecule has 66 heavy (non-hydrogen) atoms. The summed E-state index contributed by atoms with van der Waals surface area (Å²) in [4.78, 5) is 66.1. The van der Waals surface area contributed by atoms with Gasteiger partial charge in [-0.15, -0.1) is 0 Å². The Morgan fingerprint density at radius 2 is 1.68 bits per heavy atom. The summed E-state index contributed by atoms with van der Waals surface area (Å²) < 4.78 is 51.7. The van der Waals surface area contributed by atoms with Crippen molar-refractivity contribution in [1.29, 1.82) is 0 Å². The third kappa shape index (κ3) is 10.6. The Balaban J connectivity index is 0.00000144. The van der Waals surface area contributed by atoms with Crippen molar-refractivity contribution in [3.8, 4) is 11.6 Å². The van der Waals surface area contributed by atoms with Crippen LogP contribution in [0.5, 0.6) is 11.6 Å². The third-order valence-electron chi connectivity index (χ3n) is 14.6. The Hall–Kier alpha value is -4.64. The highest BCUT2D eigenvalue weighted by atomic mass is 32.2. The molecule has 2 unspecified atom stereocenters. The highest BCUT2D eigenvalue weighted by Crippen LogP contribution is 2.52. The number of methoxy groups -OCH3 is 1. The number of hydrogen-bond donors (Lipinski definition) is 3. The number of nitrogens with one attached hydrogen (secondary N) is 3. The number of hydrogen-bond acceptors (Lipinski definition) is 12. The molecule has 7 aliphatic rings. The highest BCUT2D eigenvalue weighted by Gasteiger charge is 2.63. The van der Waals surface area contributed by atoms with Crippen LogP contribution in [0.3, 0.4) is 0 Å². The monoisotopic (exact) mass is 943 g/mol. The van der Waals surface area contributed by atoms with Gasteiger partial charge in [0, 0.05) is 35.1 Å². The minimum Gasteiger partial charge on any atom is -0.497 e. The van der Waals surface area contributed by atoms with Crippen molar-refractivity contribution in [3.63, 3.8) is 0 Å². The van der Waals surface area contributed by atoms with E-state index in [2.05, 4.69) is 27.2 Å². The molecule has 9 atom stereocenters. The molecular weight excluding hydrogens is 865 g/mol. The third-order valence-corrected chi connectivity index (χ3v) is 16.8. The van der Waals surface area contributed by atoms with Crippen LogP contribution in [-0.2, 0) is 33.9 Å². The number of amides is 4. The number of aromatic nitrogens is 1. The first-order chi connectivity index (χ1) is 31.6. The van der Waals surface area contributed by atoms with Gasteiger partial charge in [-0.1, -0.05) is 53.7 Å². The maximum atomic E-state index is 15.1. The van der Waals surface area contributed by atoms with Crippen molar-refractivity contribution in [2.24, 2.45) is 29.6 Å². The minimum atomic E-state index is -4.01. The Morgan fingerprint density at radius 3 is 2.36 bits per heavy atom. The lowest BCUT2D eigenvalue weighted by Gasteiger charge is -2.33. The van der Waals surface area contributed by atoms with E-state index < -0.39 is 68.2 Å². The van der Waals surface area contributed by atoms with Crippen molar-refractivity contribution in [2.75, 3.05) is 44.9 Å². The van der Waals surface area contributed by atoms with Crippen LogP contribution in [0.2, 0.25) is 0 Å². The summed E-state index contributed by atoms with van der Waals surface area (Å²) in [5.41, 5.74) is -1.54. The van der Waals surface area contributed by atoms with Gasteiger partial charge in [0.05, 0.1) is 31.6 Å². The molecule has 2 saturated heterocycles. The molecule has 6 fully saturated rings. The number of nitrogens with zero attached hydrogens (tertiary/aromatic N) is 3. The van der Waals surface area contributed by atoms with Crippen LogP contribution in [0.4, 0.5) is 10.6 Å². The molecule has 0 spiro atoms. The minimum absolute atomic E-state index is 0. The number of carbonyl (C=O) groups is 4. The maximum Gasteiger partial charge on any atom is 0.408 e. The van der Waals surface area contributed by atoms with Gasteiger partial charge in [-0.25, -0.2) is 13.2 Å². The fourth-order valence-electron chi connectivity index (χ4n) is 10.2. The predicted molar refractivity (Wildman–Crippen MR) is 258 cm³/mol. The predicted octanol–water partition coefficient (Wildman–Crippen LogP) is 7.00. The summed E-state index contributed by atoms with van der Waals surface area (Å²) in [6.07, 6.45) is 8.30. The molecular formula is C49H78N6O10S. The van der Waals surface area contributed by atoms with Gasteiger partial charge in [0.15, 0.2) is 0 Å². The molecule has 4 amide bonds. The molecule has 0 radical (unpaired) electrons. The van der Waals surface area contributed by atoms with Crippen molar-refractivity contribution < 1.29 is 50.8 Å². The summed E-state index contributed by atoms with van der Waals surface area (Å²) in [6, 6.07) is 5.42. The number of rotatable bonds is 9. The second kappa shape index (κ2) is 20.3. The van der Waals surface area contributed by atoms with Crippen molar-refractivity contribution in [3.05, 3.63) is 36.4 Å². The first-order valence-electron chi connectivity index (χ1n) is 24.5. The van der Waals surface area contributed by atoms with Gasteiger partial charge in [0.2, 0.25) is 27.7 Å². The van der Waals surface area contributed by atoms with E-state index in [0.717, 1.165) is 24.6 Å². The number of alkyl carbamates (subject to hydrolysis) is 1. The van der Waals surface area contributed by atoms with Crippen molar-refractivity contribution in [2.45, 2.75) is 147 Å². The van der Waals surface area contributed by atoms with E-state index in [1.54, 1.807) is 14.0 Å². The van der Waals surface area contributed by atoms with Crippen molar-refractivity contribution >= 4 is 50.4 Å². The Morgan fingerprint density at radius 1 is 0.970 bits per heavy atom. The van der Waals surface area contributed by atoms with E-state index in [1.807, 2.05) is 71.0 Å². The number of morpholine rings is 1. The van der Waals surface area contributed by atoms with Gasteiger partial charge in [-0.05, 0) is 118 Å². The number of ether oxygens (including phenoxy) is 4. The van der Waals surface area contributed by atoms with E-state index in [0.29, 0.717) is 86.7 Å². The molecule has 4 aliphatic carbocycles. The first kappa shape index (κ1) is 49.3. The molecule has 17 heteroatoms. The van der Waals surface area contributed by atoms with E-state index in [4.69, 9.17) is 23.9 Å². The maximum absolute atomic E-state index is 15.1. The van der Waals surface area contributed by atoms with Gasteiger partial charge in [-0.2, -0.15) is 4.98 Å². The molecule has 1 aromatic carbocycles. The fourth-order valence-corrected chi connectivity index (χ4v) is 11.5. The molecule has 3 N–H and O–H groups in total. The standard InChI is InChI=1S/C45H60N6O10S.2C2H6.3H2/c1-26-7-5-6-8-31-24-45(31,42(54)49-62(56,57)44(3)11-12-44)48-39(52)36-23-34(25-51(36)41(53)38(27(2)17-26)47-43(55)61-33-19-28-18-29(28)20-33)60-40-35-10-9-32(58-4)21-30(35)22-37(46-40)50-13-15-59-16-14-50;2*1-2;;;/h6,8-10,21-22,26-29,31,33-34,36,38H,5,7,11-20,23-25H2,1-4H3,(H,47,55)(H,48,52)(H,49,54);2*1-2H3;3*1H/b8-6-;;;;;/t26-,27+,28?,29?,31+,33?,34+,36-,38-,45+;;;;;/m0...../s1. The zero-order valence-electron chi connectivity index (χ0n) is 40.1. The van der Waals surface area contributed by atoms with Crippen LogP contribution in [0.25, 0.3) is 10.8 Å². The molecule has 9 rings (SSSR count). The number of carbonyl (C=O) groups excluding carboxylic acids is 4. The van der Waals surface area contributed by atoms with E-state index >= 15 is 4.79 Å². The average molecular weight is 943 g/mol. The van der Waals surface area contributed by atoms with Crippen LogP contribution < -0.4 is 29.7 Å². The Labute approximate surface area is 395 Å². The molecule has 2 aromatic rings. The van der Waals surface area contributed by atoms with Gasteiger partial charge in [0.25, 0.3) is 5.91 Å². The van der Waals surface area contributed by atoms with E-state index in [1.165, 1.54) is 11.3 Å². The normalized spacial score (nSPS) is 32.7. The smallest absolute Gasteiger partial charge is 0.408 e. The highest BCUT2D eigenvalue weighted by molar-refractivity contribution is 7.91. The SMILES string of the molecule is CC.CC.COc1ccc2c(O[C@@H]3C[C@H]4C(=O)N[C@]5(C(=O)NS(=O)(=O)C6(C)CC6)C[C@H]5/C=C\CC[C@H](C)C[C@@H](C)[C@H](NC(=O)OC5CC6CC6C5)C(=O)N4C3)nc(N3CCOCC3)cc2c1.[HH].[HH].[HH]. The topological polar surface area (TPSA) is 195 Å². The molecule has 0 bridgehead atoms. The lowest BCUT2D eigenvalue weighted by atomic mass is 9.88. The van der Waals surface area contributed by atoms with Crippen LogP contribution in [0, 0.1) is 29.6 Å². The molecule has 370 valence electrons. The summed E-state index contributed by atoms with van der Waals surface area (Å²) in [5, 5.41) is 7.44. The van der Waals surface area contributed by atoms with Crippen LogP contribution in [-0.4, -0.2) is 117 Å². The number of pyridine rings is 1. The van der Waals surface area contributed by atoms with E-state index in [-0.39, 0.29) is 41.6 Å². The van der Waals surface area contributed by atoms with Gasteiger partial charge in [-0.3, -0.25) is 19.1 Å². The van der Waals surface area contributed by atoms with Gasteiger partial charge in [0.1, 0.15) is 41.4 Å². The number of benzene rings is 1. The summed E-state index contributed by atoms with van der Waals surface area (Å²) in [7, 11) is -2.41. The molecule has 4 heterocycles. The second-order valence-electron chi connectivity index (χ2n) is 19.3. The number of allylic oxidation sites excluding steroid dienone is 1. The van der Waals surface area contributed by atoms with Crippen LogP contribution >= 0.6 is 0 Å². The Kier molecular flexibility index (Phi) is 15.2. The molecule has 3 aliphatic heterocycles. The number of sulfonamides is 1. The zero-order valence-corrected chi connectivity index (χ0v) is 40.9. The molecule has 1 aromatic heterocycles. The fraction of sp³-hybridized carbons (Fsp3) is 0.694. The number of fused-ring (bicyclic) bond motifs is 4. The first-order valence-corrected chi connectivity index (χ1v) is 25.9. The summed E-state index contributed by atoms with van der Waals surface area (Å²) in [6.45, 7) is 16.0. The molecule has 4 saturated carbocycles. The van der Waals surface area contributed by atoms with Gasteiger partial charge >= 0.3 is 6.09 Å². The second-order valence-corrected chi connectivity index (χ2v) is 21.5. The van der Waals surface area contributed by atoms with Crippen LogP contribution in [0.1, 0.15) is 117 Å². The quantitative estimate of drug-likeness (QED) is 0.218. The summed E-state index contributed by atoms with van der Waals surface area (Å²) in [5.74, 6) is 0.376. The van der Waals surface area contributed by atoms with E-state index in [9.17, 15) is 22.8 Å². The zero-order chi connectivity index (χ0) is 47.6. The van der Waals surface area contributed by atoms with Gasteiger partial charge < -0.3 is 39.4 Å². The lowest BCUT2D eigenvalue weighted by Crippen LogP contribution is -2.59.